The minimum absolute atomic E-state index is 0.610. The summed E-state index contributed by atoms with van der Waals surface area (Å²) >= 11 is 6.08. The molecule has 0 aliphatic rings. The van der Waals surface area contributed by atoms with Crippen molar-refractivity contribution in [2.24, 2.45) is 0 Å². The monoisotopic (exact) mass is 230 g/mol. The minimum atomic E-state index is 0.610. The molecular weight excluding hydrogens is 224 g/mol. The van der Waals surface area contributed by atoms with E-state index in [9.17, 15) is 0 Å². The molecule has 3 aromatic rings. The van der Waals surface area contributed by atoms with Crippen LogP contribution in [0.1, 0.15) is 0 Å². The van der Waals surface area contributed by atoms with Crippen molar-refractivity contribution >= 4 is 17.2 Å². The molecule has 0 spiro atoms. The second-order valence-corrected chi connectivity index (χ2v) is 3.70. The van der Waals surface area contributed by atoms with Gasteiger partial charge in [0.1, 0.15) is 0 Å². The van der Waals surface area contributed by atoms with E-state index >= 15 is 0 Å². The molecule has 78 valence electrons. The van der Waals surface area contributed by atoms with Crippen LogP contribution in [0.3, 0.4) is 0 Å². The van der Waals surface area contributed by atoms with Crippen LogP contribution in [0.4, 0.5) is 0 Å². The maximum absolute atomic E-state index is 6.08. The molecule has 0 radical (unpaired) electrons. The molecule has 0 amide bonds. The SMILES string of the molecule is Clc1ccccc1-c1nc2cnccn2n1. The van der Waals surface area contributed by atoms with E-state index in [1.165, 1.54) is 0 Å². The van der Waals surface area contributed by atoms with E-state index in [0.717, 1.165) is 5.56 Å². The van der Waals surface area contributed by atoms with Gasteiger partial charge in [0.15, 0.2) is 11.5 Å². The third-order valence-electron chi connectivity index (χ3n) is 2.26. The van der Waals surface area contributed by atoms with Crippen LogP contribution in [-0.4, -0.2) is 19.6 Å². The van der Waals surface area contributed by atoms with Crippen molar-refractivity contribution in [2.75, 3.05) is 0 Å². The fraction of sp³-hybridized carbons (Fsp3) is 0. The van der Waals surface area contributed by atoms with E-state index in [2.05, 4.69) is 15.1 Å². The maximum atomic E-state index is 6.08. The molecule has 0 aliphatic heterocycles. The van der Waals surface area contributed by atoms with Gasteiger partial charge < -0.3 is 0 Å². The maximum Gasteiger partial charge on any atom is 0.183 e. The number of aromatic nitrogens is 4. The van der Waals surface area contributed by atoms with Crippen LogP contribution in [-0.2, 0) is 0 Å². The van der Waals surface area contributed by atoms with Gasteiger partial charge in [-0.1, -0.05) is 23.7 Å². The predicted octanol–water partition coefficient (Wildman–Crippen LogP) is 2.44. The highest BCUT2D eigenvalue weighted by atomic mass is 35.5. The Balaban J connectivity index is 2.23. The van der Waals surface area contributed by atoms with E-state index in [1.54, 1.807) is 23.1 Å². The lowest BCUT2D eigenvalue weighted by atomic mass is 10.2. The molecule has 0 fully saturated rings. The van der Waals surface area contributed by atoms with Crippen molar-refractivity contribution in [3.8, 4) is 11.4 Å². The van der Waals surface area contributed by atoms with Gasteiger partial charge in [-0.3, -0.25) is 4.98 Å². The first-order chi connectivity index (χ1) is 7.84. The van der Waals surface area contributed by atoms with Gasteiger partial charge in [-0.2, -0.15) is 0 Å². The van der Waals surface area contributed by atoms with Crippen molar-refractivity contribution in [1.29, 1.82) is 0 Å². The van der Waals surface area contributed by atoms with Crippen LogP contribution < -0.4 is 0 Å². The fourth-order valence-electron chi connectivity index (χ4n) is 1.50. The molecule has 2 aromatic heterocycles. The second-order valence-electron chi connectivity index (χ2n) is 3.29. The number of rotatable bonds is 1. The summed E-state index contributed by atoms with van der Waals surface area (Å²) in [6.07, 6.45) is 5.08. The summed E-state index contributed by atoms with van der Waals surface area (Å²) in [6.45, 7) is 0. The summed E-state index contributed by atoms with van der Waals surface area (Å²) in [7, 11) is 0. The zero-order chi connectivity index (χ0) is 11.0. The van der Waals surface area contributed by atoms with Crippen LogP contribution >= 0.6 is 11.6 Å². The molecule has 2 heterocycles. The Labute approximate surface area is 96.5 Å². The van der Waals surface area contributed by atoms with Crippen molar-refractivity contribution < 1.29 is 0 Å². The number of hydrogen-bond donors (Lipinski definition) is 0. The van der Waals surface area contributed by atoms with Crippen molar-refractivity contribution in [2.45, 2.75) is 0 Å². The number of benzene rings is 1. The largest absolute Gasteiger partial charge is 0.259 e. The van der Waals surface area contributed by atoms with Crippen LogP contribution in [0.15, 0.2) is 42.9 Å². The molecule has 0 N–H and O–H groups in total. The Morgan fingerprint density at radius 1 is 1.19 bits per heavy atom. The smallest absolute Gasteiger partial charge is 0.183 e. The molecule has 3 rings (SSSR count). The summed E-state index contributed by atoms with van der Waals surface area (Å²) in [5.41, 5.74) is 1.53. The van der Waals surface area contributed by atoms with E-state index in [0.29, 0.717) is 16.5 Å². The average Bonchev–Trinajstić information content (AvgIpc) is 2.73. The minimum Gasteiger partial charge on any atom is -0.259 e. The van der Waals surface area contributed by atoms with Gasteiger partial charge in [0.2, 0.25) is 0 Å². The molecule has 16 heavy (non-hydrogen) atoms. The molecule has 0 atom stereocenters. The van der Waals surface area contributed by atoms with Gasteiger partial charge in [0.25, 0.3) is 0 Å². The third kappa shape index (κ3) is 1.44. The molecule has 5 heteroatoms. The third-order valence-corrected chi connectivity index (χ3v) is 2.59. The van der Waals surface area contributed by atoms with Crippen molar-refractivity contribution in [1.82, 2.24) is 19.6 Å². The van der Waals surface area contributed by atoms with Gasteiger partial charge in [0.05, 0.1) is 11.2 Å². The lowest BCUT2D eigenvalue weighted by molar-refractivity contribution is 0.950. The fourth-order valence-corrected chi connectivity index (χ4v) is 1.72. The van der Waals surface area contributed by atoms with Crippen molar-refractivity contribution in [3.63, 3.8) is 0 Å². The summed E-state index contributed by atoms with van der Waals surface area (Å²) in [6, 6.07) is 7.50. The van der Waals surface area contributed by atoms with Crippen LogP contribution in [0.25, 0.3) is 17.0 Å². The summed E-state index contributed by atoms with van der Waals surface area (Å²) in [5, 5.41) is 4.97. The number of fused-ring (bicyclic) bond motifs is 1. The predicted molar refractivity (Wildman–Crippen MR) is 61.2 cm³/mol. The Morgan fingerprint density at radius 2 is 2.06 bits per heavy atom. The van der Waals surface area contributed by atoms with Gasteiger partial charge >= 0.3 is 0 Å². The topological polar surface area (TPSA) is 43.1 Å². The van der Waals surface area contributed by atoms with Crippen LogP contribution in [0.2, 0.25) is 5.02 Å². The van der Waals surface area contributed by atoms with E-state index < -0.39 is 0 Å². The highest BCUT2D eigenvalue weighted by Gasteiger charge is 2.08. The highest BCUT2D eigenvalue weighted by Crippen LogP contribution is 2.24. The molecule has 4 nitrogen and oxygen atoms in total. The van der Waals surface area contributed by atoms with E-state index in [-0.39, 0.29) is 0 Å². The van der Waals surface area contributed by atoms with Gasteiger partial charge in [0, 0.05) is 18.0 Å². The quantitative estimate of drug-likeness (QED) is 0.645. The first kappa shape index (κ1) is 9.30. The Bertz CT molecular complexity index is 614. The molecule has 0 bridgehead atoms. The zero-order valence-electron chi connectivity index (χ0n) is 8.21. The number of hydrogen-bond acceptors (Lipinski definition) is 3. The zero-order valence-corrected chi connectivity index (χ0v) is 8.96. The van der Waals surface area contributed by atoms with E-state index in [4.69, 9.17) is 11.6 Å². The van der Waals surface area contributed by atoms with E-state index in [1.807, 2.05) is 24.3 Å². The normalized spacial score (nSPS) is 10.8. The summed E-state index contributed by atoms with van der Waals surface area (Å²) in [5.74, 6) is 0.610. The van der Waals surface area contributed by atoms with Gasteiger partial charge in [-0.25, -0.2) is 9.50 Å². The van der Waals surface area contributed by atoms with Crippen LogP contribution in [0, 0.1) is 0 Å². The van der Waals surface area contributed by atoms with Crippen molar-refractivity contribution in [3.05, 3.63) is 47.9 Å². The average molecular weight is 231 g/mol. The molecule has 0 saturated heterocycles. The van der Waals surface area contributed by atoms with Gasteiger partial charge in [-0.05, 0) is 12.1 Å². The Hall–Kier alpha value is -1.94. The van der Waals surface area contributed by atoms with Crippen LogP contribution in [0.5, 0.6) is 0 Å². The van der Waals surface area contributed by atoms with Gasteiger partial charge in [-0.15, -0.1) is 5.10 Å². The highest BCUT2D eigenvalue weighted by molar-refractivity contribution is 6.33. The Morgan fingerprint density at radius 3 is 2.88 bits per heavy atom. The first-order valence-electron chi connectivity index (χ1n) is 4.76. The first-order valence-corrected chi connectivity index (χ1v) is 5.14. The lowest BCUT2D eigenvalue weighted by Crippen LogP contribution is -1.86. The summed E-state index contributed by atoms with van der Waals surface area (Å²) in [4.78, 5) is 8.33. The molecule has 0 aliphatic carbocycles. The Kier molecular flexibility index (Phi) is 2.08. The molecule has 0 saturated carbocycles. The lowest BCUT2D eigenvalue weighted by Gasteiger charge is -1.96. The number of nitrogens with zero attached hydrogens (tertiary/aromatic N) is 4. The number of halogens is 1. The molecule has 1 aromatic carbocycles. The standard InChI is InChI=1S/C11H7ClN4/c12-9-4-2-1-3-8(9)11-14-10-7-13-5-6-16(10)15-11/h1-7H. The molecular formula is C11H7ClN4. The molecule has 0 unspecified atom stereocenters. The second kappa shape index (κ2) is 3.57. The summed E-state index contributed by atoms with van der Waals surface area (Å²) < 4.78 is 1.67.